The molecule has 11 nitrogen and oxygen atoms in total. The summed E-state index contributed by atoms with van der Waals surface area (Å²) in [5, 5.41) is 19.7. The molecule has 3 aromatic carbocycles. The number of azo groups is 1. The van der Waals surface area contributed by atoms with Gasteiger partial charge in [-0.25, -0.2) is 8.42 Å². The van der Waals surface area contributed by atoms with Crippen molar-refractivity contribution >= 4 is 48.1 Å². The molecular formula is C17H13N3Na2O8S2. The average Bonchev–Trinajstić information content (AvgIpc) is 2.65. The number of benzene rings is 3. The summed E-state index contributed by atoms with van der Waals surface area (Å²) in [5.74, 6) is -0.496. The molecule has 0 saturated heterocycles. The van der Waals surface area contributed by atoms with Gasteiger partial charge in [-0.1, -0.05) is 5.75 Å². The van der Waals surface area contributed by atoms with Crippen molar-refractivity contribution in [1.82, 2.24) is 0 Å². The third-order valence-electron chi connectivity index (χ3n) is 4.04. The fourth-order valence-electron chi connectivity index (χ4n) is 2.67. The Hall–Kier alpha value is -1.26. The van der Waals surface area contributed by atoms with Gasteiger partial charge in [0.25, 0.3) is 10.1 Å². The number of nitrogens with two attached hydrogens (primary N) is 1. The van der Waals surface area contributed by atoms with Gasteiger partial charge in [-0.3, -0.25) is 4.55 Å². The van der Waals surface area contributed by atoms with Crippen LogP contribution in [0, 0.1) is 0 Å². The van der Waals surface area contributed by atoms with E-state index in [4.69, 9.17) is 10.5 Å². The quantitative estimate of drug-likeness (QED) is 0.153. The molecule has 158 valence electrons. The van der Waals surface area contributed by atoms with E-state index in [-0.39, 0.29) is 81.3 Å². The monoisotopic (exact) mass is 497 g/mol. The molecule has 0 bridgehead atoms. The fraction of sp³-hybridized carbons (Fsp3) is 0.0588. The minimum Gasteiger partial charge on any atom is -0.870 e. The third-order valence-corrected chi connectivity index (χ3v) is 5.72. The second-order valence-electron chi connectivity index (χ2n) is 5.99. The molecule has 0 heterocycles. The molecule has 0 amide bonds. The first-order valence-corrected chi connectivity index (χ1v) is 10.8. The standard InChI is InChI=1S/C17H15N3O8S2.2Na/c1-28-11-4-2-10(3-5-11)19-20-16-14(30(25,26)27)7-9-6-12(29(22,23)24)8-13(18)15(9)17(16)21;;/h2-8,21H,18H2,1H3,(H,22,23,24)(H,25,26,27);;/q;2*+1/p-2. The van der Waals surface area contributed by atoms with Crippen LogP contribution >= 0.6 is 0 Å². The van der Waals surface area contributed by atoms with E-state index in [1.165, 1.54) is 19.2 Å². The molecule has 0 radical (unpaired) electrons. The molecule has 0 saturated carbocycles. The molecule has 32 heavy (non-hydrogen) atoms. The minimum atomic E-state index is -4.97. The van der Waals surface area contributed by atoms with E-state index in [1.807, 2.05) is 0 Å². The molecule has 3 N–H and O–H groups in total. The van der Waals surface area contributed by atoms with Crippen LogP contribution in [0.15, 0.2) is 62.5 Å². The smallest absolute Gasteiger partial charge is 0.870 e. The summed E-state index contributed by atoms with van der Waals surface area (Å²) >= 11 is 0. The largest absolute Gasteiger partial charge is 1.00 e. The number of rotatable bonds is 5. The number of fused-ring (bicyclic) bond motifs is 1. The molecule has 3 rings (SSSR count). The Labute approximate surface area is 227 Å². The maximum Gasteiger partial charge on any atom is 1.00 e. The van der Waals surface area contributed by atoms with Crippen molar-refractivity contribution in [1.29, 1.82) is 0 Å². The predicted molar refractivity (Wildman–Crippen MR) is 103 cm³/mol. The van der Waals surface area contributed by atoms with E-state index >= 15 is 0 Å². The molecule has 0 aromatic heterocycles. The van der Waals surface area contributed by atoms with Crippen LogP contribution in [0.1, 0.15) is 0 Å². The first kappa shape index (κ1) is 28.8. The van der Waals surface area contributed by atoms with Crippen LogP contribution in [0.5, 0.6) is 11.5 Å². The van der Waals surface area contributed by atoms with Crippen molar-refractivity contribution in [3.05, 3.63) is 42.5 Å². The zero-order chi connectivity index (χ0) is 22.3. The van der Waals surface area contributed by atoms with E-state index in [1.54, 1.807) is 12.1 Å². The van der Waals surface area contributed by atoms with Crippen molar-refractivity contribution in [2.45, 2.75) is 9.79 Å². The number of ether oxygens (including phenoxy) is 1. The van der Waals surface area contributed by atoms with E-state index in [0.717, 1.165) is 18.2 Å². The Morgan fingerprint density at radius 3 is 2.09 bits per heavy atom. The van der Waals surface area contributed by atoms with Gasteiger partial charge in [-0.2, -0.15) is 13.5 Å². The fourth-order valence-corrected chi connectivity index (χ4v) is 3.86. The number of methoxy groups -OCH3 is 1. The van der Waals surface area contributed by atoms with Crippen molar-refractivity contribution in [2.24, 2.45) is 10.2 Å². The number of hydrogen-bond donors (Lipinski definition) is 2. The van der Waals surface area contributed by atoms with Gasteiger partial charge in [-0.15, -0.1) is 5.11 Å². The molecule has 0 aliphatic heterocycles. The first-order valence-electron chi connectivity index (χ1n) is 7.98. The molecule has 3 aromatic rings. The van der Waals surface area contributed by atoms with Gasteiger partial charge >= 0.3 is 59.1 Å². The summed E-state index contributed by atoms with van der Waals surface area (Å²) in [5.41, 5.74) is 4.86. The Morgan fingerprint density at radius 2 is 1.59 bits per heavy atom. The Balaban J connectivity index is 0.00000256. The van der Waals surface area contributed by atoms with Crippen LogP contribution in [-0.4, -0.2) is 33.1 Å². The van der Waals surface area contributed by atoms with Gasteiger partial charge in [0, 0.05) is 5.69 Å². The summed E-state index contributed by atoms with van der Waals surface area (Å²) in [6.45, 7) is 0. The van der Waals surface area contributed by atoms with Crippen LogP contribution in [0.25, 0.3) is 10.8 Å². The van der Waals surface area contributed by atoms with Gasteiger partial charge in [-0.05, 0) is 53.2 Å². The van der Waals surface area contributed by atoms with Crippen LogP contribution in [0.2, 0.25) is 0 Å². The molecule has 0 aliphatic carbocycles. The topological polar surface area (TPSA) is 195 Å². The van der Waals surface area contributed by atoms with E-state index in [2.05, 4.69) is 10.2 Å². The van der Waals surface area contributed by atoms with Crippen LogP contribution in [-0.2, 0) is 20.2 Å². The summed E-state index contributed by atoms with van der Waals surface area (Å²) in [6.07, 6.45) is 0. The zero-order valence-corrected chi connectivity index (χ0v) is 22.8. The van der Waals surface area contributed by atoms with E-state index in [0.29, 0.717) is 5.75 Å². The molecule has 0 aliphatic rings. The van der Waals surface area contributed by atoms with Crippen molar-refractivity contribution < 1.29 is 94.9 Å². The van der Waals surface area contributed by atoms with E-state index in [9.17, 15) is 31.0 Å². The zero-order valence-electron chi connectivity index (χ0n) is 17.1. The van der Waals surface area contributed by atoms with Gasteiger partial charge in [0.1, 0.15) is 20.8 Å². The SMILES string of the molecule is COc1ccc(N=Nc2c(S(=O)(=O)O)cc3cc(S(=O)(=O)[O-])cc(N)c3c2[O-])cc1.[Na+].[Na+]. The molecule has 0 fully saturated rings. The van der Waals surface area contributed by atoms with Crippen molar-refractivity contribution in [3.63, 3.8) is 0 Å². The van der Waals surface area contributed by atoms with Crippen LogP contribution < -0.4 is 74.7 Å². The number of anilines is 1. The summed E-state index contributed by atoms with van der Waals surface area (Å²) < 4.78 is 71.9. The maximum absolute atomic E-state index is 12.8. The molecule has 0 atom stereocenters. The number of nitrogens with zero attached hydrogens (tertiary/aromatic N) is 2. The van der Waals surface area contributed by atoms with Gasteiger partial charge in [0.2, 0.25) is 0 Å². The van der Waals surface area contributed by atoms with Crippen molar-refractivity contribution in [2.75, 3.05) is 12.8 Å². The maximum atomic E-state index is 12.8. The number of hydrogen-bond acceptors (Lipinski definition) is 10. The average molecular weight is 497 g/mol. The summed E-state index contributed by atoms with van der Waals surface area (Å²) in [4.78, 5) is -1.68. The normalized spacial score (nSPS) is 11.7. The second kappa shape index (κ2) is 10.8. The Bertz CT molecular complexity index is 1390. The second-order valence-corrected chi connectivity index (χ2v) is 8.76. The van der Waals surface area contributed by atoms with Gasteiger partial charge in [0.05, 0.1) is 23.4 Å². The summed E-state index contributed by atoms with van der Waals surface area (Å²) in [7, 11) is -8.44. The Kier molecular flexibility index (Phi) is 9.69. The molecule has 0 spiro atoms. The molecular weight excluding hydrogens is 484 g/mol. The summed E-state index contributed by atoms with van der Waals surface area (Å²) in [6, 6.07) is 8.44. The van der Waals surface area contributed by atoms with Gasteiger partial charge in [0.15, 0.2) is 0 Å². The first-order chi connectivity index (χ1) is 13.9. The van der Waals surface area contributed by atoms with Crippen molar-refractivity contribution in [3.8, 4) is 11.5 Å². The molecule has 0 unspecified atom stereocenters. The number of nitrogen functional groups attached to an aromatic ring is 1. The van der Waals surface area contributed by atoms with Crippen LogP contribution in [0.3, 0.4) is 0 Å². The van der Waals surface area contributed by atoms with Crippen LogP contribution in [0.4, 0.5) is 17.1 Å². The Morgan fingerprint density at radius 1 is 1.00 bits per heavy atom. The minimum absolute atomic E-state index is 0. The van der Waals surface area contributed by atoms with Gasteiger partial charge < -0.3 is 20.1 Å². The third kappa shape index (κ3) is 6.20. The predicted octanol–water partition coefficient (Wildman–Crippen LogP) is -3.92. The van der Waals surface area contributed by atoms with E-state index < -0.39 is 41.5 Å². The molecule has 15 heteroatoms.